The summed E-state index contributed by atoms with van der Waals surface area (Å²) in [6.45, 7) is 12.8. The number of hydrogen-bond acceptors (Lipinski definition) is 3. The lowest BCUT2D eigenvalue weighted by Gasteiger charge is -2.15. The SMILES string of the molecule is C#CCN(CC)Cc1cc(CNCC(C)C)c(C)o1. The molecule has 1 aromatic heterocycles. The third-order valence-electron chi connectivity index (χ3n) is 3.08. The molecule has 106 valence electrons. The van der Waals surface area contributed by atoms with Crippen LogP contribution in [-0.4, -0.2) is 24.5 Å². The van der Waals surface area contributed by atoms with Crippen molar-refractivity contribution in [2.45, 2.75) is 40.8 Å². The monoisotopic (exact) mass is 262 g/mol. The van der Waals surface area contributed by atoms with Gasteiger partial charge in [0, 0.05) is 12.1 Å². The molecule has 0 aliphatic heterocycles. The molecular weight excluding hydrogens is 236 g/mol. The first-order chi connectivity index (χ1) is 9.06. The fourth-order valence-corrected chi connectivity index (χ4v) is 1.97. The summed E-state index contributed by atoms with van der Waals surface area (Å²) in [7, 11) is 0. The Balaban J connectivity index is 2.55. The zero-order valence-corrected chi connectivity index (χ0v) is 12.6. The highest BCUT2D eigenvalue weighted by Crippen LogP contribution is 2.16. The summed E-state index contributed by atoms with van der Waals surface area (Å²) < 4.78 is 5.80. The molecule has 3 heteroatoms. The molecule has 1 heterocycles. The van der Waals surface area contributed by atoms with Crippen molar-refractivity contribution >= 4 is 0 Å². The number of terminal acetylenes is 1. The standard InChI is InChI=1S/C16H26N2O/c1-6-8-18(7-2)12-16-9-15(14(5)19-16)11-17-10-13(3)4/h1,9,13,17H,7-8,10-12H2,2-5H3. The molecule has 19 heavy (non-hydrogen) atoms. The molecule has 0 fully saturated rings. The Bertz CT molecular complexity index is 415. The topological polar surface area (TPSA) is 28.4 Å². The summed E-state index contributed by atoms with van der Waals surface area (Å²) in [6.07, 6.45) is 5.36. The summed E-state index contributed by atoms with van der Waals surface area (Å²) in [6, 6.07) is 2.14. The molecule has 1 aromatic rings. The van der Waals surface area contributed by atoms with Gasteiger partial charge in [0.05, 0.1) is 13.1 Å². The second kappa shape index (κ2) is 8.04. The molecule has 0 saturated heterocycles. The van der Waals surface area contributed by atoms with E-state index < -0.39 is 0 Å². The van der Waals surface area contributed by atoms with E-state index in [0.29, 0.717) is 12.5 Å². The minimum absolute atomic E-state index is 0.664. The Kier molecular flexibility index (Phi) is 6.69. The van der Waals surface area contributed by atoms with Crippen LogP contribution < -0.4 is 5.32 Å². The van der Waals surface area contributed by atoms with Crippen molar-refractivity contribution in [3.8, 4) is 12.3 Å². The van der Waals surface area contributed by atoms with Crippen molar-refractivity contribution in [2.24, 2.45) is 5.92 Å². The van der Waals surface area contributed by atoms with E-state index in [-0.39, 0.29) is 0 Å². The number of furan rings is 1. The maximum atomic E-state index is 5.80. The second-order valence-corrected chi connectivity index (χ2v) is 5.33. The third-order valence-corrected chi connectivity index (χ3v) is 3.08. The Hall–Kier alpha value is -1.24. The van der Waals surface area contributed by atoms with Crippen LogP contribution in [0.2, 0.25) is 0 Å². The molecule has 0 aliphatic rings. The Morgan fingerprint density at radius 3 is 2.79 bits per heavy atom. The lowest BCUT2D eigenvalue weighted by Crippen LogP contribution is -2.22. The highest BCUT2D eigenvalue weighted by Gasteiger charge is 2.10. The maximum absolute atomic E-state index is 5.80. The molecule has 0 bridgehead atoms. The number of nitrogens with one attached hydrogen (secondary N) is 1. The summed E-state index contributed by atoms with van der Waals surface area (Å²) >= 11 is 0. The van der Waals surface area contributed by atoms with Gasteiger partial charge in [-0.25, -0.2) is 0 Å². The number of aryl methyl sites for hydroxylation is 1. The number of hydrogen-bond donors (Lipinski definition) is 1. The first-order valence-corrected chi connectivity index (χ1v) is 7.01. The fraction of sp³-hybridized carbons (Fsp3) is 0.625. The van der Waals surface area contributed by atoms with Crippen LogP contribution >= 0.6 is 0 Å². The van der Waals surface area contributed by atoms with Crippen LogP contribution in [0.25, 0.3) is 0 Å². The molecule has 0 spiro atoms. The van der Waals surface area contributed by atoms with E-state index in [2.05, 4.69) is 43.0 Å². The minimum Gasteiger partial charge on any atom is -0.465 e. The predicted octanol–water partition coefficient (Wildman–Crippen LogP) is 2.79. The first-order valence-electron chi connectivity index (χ1n) is 7.01. The Morgan fingerprint density at radius 1 is 1.47 bits per heavy atom. The molecule has 1 N–H and O–H groups in total. The molecule has 0 amide bonds. The van der Waals surface area contributed by atoms with Gasteiger partial charge in [0.2, 0.25) is 0 Å². The maximum Gasteiger partial charge on any atom is 0.118 e. The van der Waals surface area contributed by atoms with E-state index in [9.17, 15) is 0 Å². The van der Waals surface area contributed by atoms with E-state index in [4.69, 9.17) is 10.8 Å². The highest BCUT2D eigenvalue weighted by atomic mass is 16.3. The van der Waals surface area contributed by atoms with Crippen LogP contribution in [0.4, 0.5) is 0 Å². The lowest BCUT2D eigenvalue weighted by atomic mass is 10.2. The molecule has 0 unspecified atom stereocenters. The summed E-state index contributed by atoms with van der Waals surface area (Å²) in [4.78, 5) is 2.18. The van der Waals surface area contributed by atoms with Gasteiger partial charge in [0.15, 0.2) is 0 Å². The van der Waals surface area contributed by atoms with Gasteiger partial charge in [-0.2, -0.15) is 0 Å². The van der Waals surface area contributed by atoms with Gasteiger partial charge in [-0.05, 0) is 32.0 Å². The van der Waals surface area contributed by atoms with Crippen molar-refractivity contribution in [1.82, 2.24) is 10.2 Å². The van der Waals surface area contributed by atoms with Gasteiger partial charge in [-0.1, -0.05) is 26.7 Å². The quantitative estimate of drug-likeness (QED) is 0.730. The molecule has 0 saturated carbocycles. The van der Waals surface area contributed by atoms with Crippen molar-refractivity contribution in [2.75, 3.05) is 19.6 Å². The van der Waals surface area contributed by atoms with Crippen molar-refractivity contribution in [3.63, 3.8) is 0 Å². The van der Waals surface area contributed by atoms with E-state index in [1.165, 1.54) is 5.56 Å². The largest absolute Gasteiger partial charge is 0.465 e. The molecule has 0 atom stereocenters. The minimum atomic E-state index is 0.664. The smallest absolute Gasteiger partial charge is 0.118 e. The zero-order valence-electron chi connectivity index (χ0n) is 12.6. The number of rotatable bonds is 8. The van der Waals surface area contributed by atoms with Crippen LogP contribution in [0, 0.1) is 25.2 Å². The van der Waals surface area contributed by atoms with Gasteiger partial charge in [0.25, 0.3) is 0 Å². The lowest BCUT2D eigenvalue weighted by molar-refractivity contribution is 0.283. The molecule has 3 nitrogen and oxygen atoms in total. The van der Waals surface area contributed by atoms with Crippen LogP contribution in [0.5, 0.6) is 0 Å². The summed E-state index contributed by atoms with van der Waals surface area (Å²) in [5.41, 5.74) is 1.24. The Morgan fingerprint density at radius 2 is 2.21 bits per heavy atom. The van der Waals surface area contributed by atoms with Crippen LogP contribution in [0.1, 0.15) is 37.9 Å². The van der Waals surface area contributed by atoms with Crippen molar-refractivity contribution in [1.29, 1.82) is 0 Å². The van der Waals surface area contributed by atoms with Gasteiger partial charge in [0.1, 0.15) is 11.5 Å². The normalized spacial score (nSPS) is 11.2. The van der Waals surface area contributed by atoms with Crippen LogP contribution in [0.3, 0.4) is 0 Å². The van der Waals surface area contributed by atoms with Crippen molar-refractivity contribution < 1.29 is 4.42 Å². The average molecular weight is 262 g/mol. The number of nitrogens with zero attached hydrogens (tertiary/aromatic N) is 1. The predicted molar refractivity (Wildman–Crippen MR) is 79.8 cm³/mol. The molecule has 1 rings (SSSR count). The zero-order chi connectivity index (χ0) is 14.3. The van der Waals surface area contributed by atoms with Gasteiger partial charge in [-0.15, -0.1) is 6.42 Å². The van der Waals surface area contributed by atoms with E-state index in [0.717, 1.165) is 37.7 Å². The summed E-state index contributed by atoms with van der Waals surface area (Å²) in [5.74, 6) is 5.34. The second-order valence-electron chi connectivity index (χ2n) is 5.33. The van der Waals surface area contributed by atoms with Gasteiger partial charge >= 0.3 is 0 Å². The first kappa shape index (κ1) is 15.8. The molecular formula is C16H26N2O. The molecule has 0 aromatic carbocycles. The third kappa shape index (κ3) is 5.50. The van der Waals surface area contributed by atoms with Crippen LogP contribution in [-0.2, 0) is 13.1 Å². The van der Waals surface area contributed by atoms with E-state index >= 15 is 0 Å². The summed E-state index contributed by atoms with van der Waals surface area (Å²) in [5, 5.41) is 3.44. The van der Waals surface area contributed by atoms with E-state index in [1.54, 1.807) is 0 Å². The molecule has 0 aliphatic carbocycles. The van der Waals surface area contributed by atoms with E-state index in [1.807, 2.05) is 6.92 Å². The molecule has 0 radical (unpaired) electrons. The highest BCUT2D eigenvalue weighted by molar-refractivity contribution is 5.20. The van der Waals surface area contributed by atoms with Gasteiger partial charge in [-0.3, -0.25) is 4.90 Å². The Labute approximate surface area is 117 Å². The van der Waals surface area contributed by atoms with Crippen molar-refractivity contribution in [3.05, 3.63) is 23.2 Å². The van der Waals surface area contributed by atoms with Gasteiger partial charge < -0.3 is 9.73 Å². The average Bonchev–Trinajstić information content (AvgIpc) is 2.69. The fourth-order valence-electron chi connectivity index (χ4n) is 1.97. The van der Waals surface area contributed by atoms with Crippen LogP contribution in [0.15, 0.2) is 10.5 Å².